The van der Waals surface area contributed by atoms with Crippen molar-refractivity contribution in [3.05, 3.63) is 28.7 Å². The van der Waals surface area contributed by atoms with Gasteiger partial charge in [0.25, 0.3) is 11.8 Å². The molecule has 166 valence electrons. The molecule has 5 rings (SSSR count). The highest BCUT2D eigenvalue weighted by molar-refractivity contribution is 5.96. The fourth-order valence-corrected chi connectivity index (χ4v) is 5.56. The van der Waals surface area contributed by atoms with E-state index < -0.39 is 0 Å². The number of nitrogens with one attached hydrogen (secondary N) is 1. The molecule has 31 heavy (non-hydrogen) atoms. The molecule has 2 fully saturated rings. The number of amides is 2. The third-order valence-corrected chi connectivity index (χ3v) is 7.44. The van der Waals surface area contributed by atoms with Crippen molar-refractivity contribution >= 4 is 11.8 Å². The molecule has 0 radical (unpaired) electrons. The van der Waals surface area contributed by atoms with Crippen LogP contribution >= 0.6 is 0 Å². The molecule has 3 aliphatic rings. The van der Waals surface area contributed by atoms with Crippen molar-refractivity contribution in [3.8, 4) is 0 Å². The molecule has 4 heterocycles. The summed E-state index contributed by atoms with van der Waals surface area (Å²) in [6.45, 7) is 5.76. The van der Waals surface area contributed by atoms with Crippen LogP contribution in [0.5, 0.6) is 0 Å². The molecule has 1 saturated heterocycles. The van der Waals surface area contributed by atoms with Crippen molar-refractivity contribution in [1.82, 2.24) is 30.1 Å². The lowest BCUT2D eigenvalue weighted by molar-refractivity contribution is 0.0764. The van der Waals surface area contributed by atoms with E-state index in [4.69, 9.17) is 4.52 Å². The van der Waals surface area contributed by atoms with Crippen LogP contribution in [0, 0.1) is 19.3 Å². The Balaban J connectivity index is 1.28. The topological polar surface area (TPSA) is 106 Å². The fourth-order valence-electron chi connectivity index (χ4n) is 5.56. The van der Waals surface area contributed by atoms with E-state index in [1.807, 2.05) is 16.4 Å². The second-order valence-electron chi connectivity index (χ2n) is 9.47. The molecular formula is C22H30N6O3. The first-order valence-corrected chi connectivity index (χ1v) is 11.4. The SMILES string of the molecule is Cc1noc(C)c1C(=O)N1CCC2(CCc3nnc(C(=O)NC4CCCC4)n3CC2)C1. The normalized spacial score (nSPS) is 23.9. The van der Waals surface area contributed by atoms with Gasteiger partial charge in [-0.05, 0) is 51.4 Å². The summed E-state index contributed by atoms with van der Waals surface area (Å²) in [6.07, 6.45) is 8.04. The molecule has 1 unspecified atom stereocenters. The molecular weight excluding hydrogens is 396 g/mol. The zero-order chi connectivity index (χ0) is 21.6. The largest absolute Gasteiger partial charge is 0.361 e. The van der Waals surface area contributed by atoms with Crippen LogP contribution in [0.4, 0.5) is 0 Å². The number of rotatable bonds is 3. The molecule has 1 saturated carbocycles. The maximum absolute atomic E-state index is 13.1. The minimum atomic E-state index is -0.108. The average molecular weight is 427 g/mol. The van der Waals surface area contributed by atoms with Crippen molar-refractivity contribution in [2.75, 3.05) is 13.1 Å². The van der Waals surface area contributed by atoms with E-state index in [-0.39, 0.29) is 23.3 Å². The van der Waals surface area contributed by atoms with Crippen LogP contribution in [0.2, 0.25) is 0 Å². The zero-order valence-electron chi connectivity index (χ0n) is 18.3. The quantitative estimate of drug-likeness (QED) is 0.808. The third kappa shape index (κ3) is 3.64. The number of fused-ring (bicyclic) bond motifs is 1. The number of nitrogens with zero attached hydrogens (tertiary/aromatic N) is 5. The summed E-state index contributed by atoms with van der Waals surface area (Å²) in [5, 5.41) is 15.6. The average Bonchev–Trinajstić information content (AvgIpc) is 3.51. The van der Waals surface area contributed by atoms with Gasteiger partial charge < -0.3 is 19.3 Å². The molecule has 0 aromatic carbocycles. The lowest BCUT2D eigenvalue weighted by atomic mass is 9.80. The minimum absolute atomic E-state index is 0.00778. The predicted octanol–water partition coefficient (Wildman–Crippen LogP) is 2.42. The van der Waals surface area contributed by atoms with Crippen LogP contribution in [0.15, 0.2) is 4.52 Å². The Morgan fingerprint density at radius 1 is 1.10 bits per heavy atom. The first-order chi connectivity index (χ1) is 15.0. The van der Waals surface area contributed by atoms with Crippen molar-refractivity contribution in [2.45, 2.75) is 77.8 Å². The maximum atomic E-state index is 13.1. The van der Waals surface area contributed by atoms with E-state index in [0.29, 0.717) is 29.4 Å². The monoisotopic (exact) mass is 426 g/mol. The Hall–Kier alpha value is -2.71. The Bertz CT molecular complexity index is 986. The summed E-state index contributed by atoms with van der Waals surface area (Å²) in [5.41, 5.74) is 1.29. The second kappa shape index (κ2) is 7.76. The number of aryl methyl sites for hydroxylation is 3. The molecule has 1 atom stereocenters. The van der Waals surface area contributed by atoms with Crippen molar-refractivity contribution < 1.29 is 14.1 Å². The maximum Gasteiger partial charge on any atom is 0.289 e. The van der Waals surface area contributed by atoms with Gasteiger partial charge in [0, 0.05) is 32.1 Å². The minimum Gasteiger partial charge on any atom is -0.361 e. The molecule has 1 spiro atoms. The van der Waals surface area contributed by atoms with Gasteiger partial charge in [-0.1, -0.05) is 18.0 Å². The second-order valence-corrected chi connectivity index (χ2v) is 9.47. The molecule has 0 bridgehead atoms. The van der Waals surface area contributed by atoms with E-state index in [2.05, 4.69) is 20.7 Å². The summed E-state index contributed by atoms with van der Waals surface area (Å²) < 4.78 is 7.19. The van der Waals surface area contributed by atoms with Crippen molar-refractivity contribution in [2.24, 2.45) is 5.41 Å². The Morgan fingerprint density at radius 2 is 1.87 bits per heavy atom. The third-order valence-electron chi connectivity index (χ3n) is 7.44. The molecule has 2 aromatic heterocycles. The lowest BCUT2D eigenvalue weighted by Gasteiger charge is -2.27. The standard InChI is InChI=1S/C22H30N6O3/c1-14-18(15(2)31-26-14)21(30)27-11-9-22(13-27)8-7-17-24-25-19(28(17)12-10-22)20(29)23-16-5-3-4-6-16/h16H,3-13H2,1-2H3,(H,23,29). The number of carbonyl (C=O) groups is 2. The highest BCUT2D eigenvalue weighted by atomic mass is 16.5. The van der Waals surface area contributed by atoms with Crippen LogP contribution in [-0.2, 0) is 13.0 Å². The summed E-state index contributed by atoms with van der Waals surface area (Å²) in [5.74, 6) is 1.79. The van der Waals surface area contributed by atoms with E-state index >= 15 is 0 Å². The summed E-state index contributed by atoms with van der Waals surface area (Å²) in [7, 11) is 0. The van der Waals surface area contributed by atoms with Gasteiger partial charge in [0.05, 0.1) is 5.69 Å². The number of hydrogen-bond acceptors (Lipinski definition) is 6. The summed E-state index contributed by atoms with van der Waals surface area (Å²) in [4.78, 5) is 27.8. The first-order valence-electron chi connectivity index (χ1n) is 11.4. The molecule has 2 aliphatic heterocycles. The van der Waals surface area contributed by atoms with Gasteiger partial charge in [-0.15, -0.1) is 10.2 Å². The van der Waals surface area contributed by atoms with E-state index in [1.165, 1.54) is 12.8 Å². The van der Waals surface area contributed by atoms with Gasteiger partial charge in [-0.25, -0.2) is 0 Å². The fraction of sp³-hybridized carbons (Fsp3) is 0.682. The van der Waals surface area contributed by atoms with E-state index in [9.17, 15) is 9.59 Å². The van der Waals surface area contributed by atoms with Crippen LogP contribution in [0.25, 0.3) is 0 Å². The summed E-state index contributed by atoms with van der Waals surface area (Å²) >= 11 is 0. The molecule has 2 aromatic rings. The number of carbonyl (C=O) groups excluding carboxylic acids is 2. The number of likely N-dealkylation sites (tertiary alicyclic amines) is 1. The molecule has 1 aliphatic carbocycles. The van der Waals surface area contributed by atoms with Gasteiger partial charge in [-0.2, -0.15) is 0 Å². The predicted molar refractivity (Wildman–Crippen MR) is 112 cm³/mol. The van der Waals surface area contributed by atoms with Crippen LogP contribution in [-0.4, -0.2) is 55.8 Å². The van der Waals surface area contributed by atoms with Gasteiger partial charge in [0.15, 0.2) is 0 Å². The smallest absolute Gasteiger partial charge is 0.289 e. The number of aromatic nitrogens is 4. The molecule has 1 N–H and O–H groups in total. The lowest BCUT2D eigenvalue weighted by Crippen LogP contribution is -2.35. The van der Waals surface area contributed by atoms with Crippen LogP contribution in [0.3, 0.4) is 0 Å². The molecule has 9 nitrogen and oxygen atoms in total. The summed E-state index contributed by atoms with van der Waals surface area (Å²) in [6, 6.07) is 0.260. The van der Waals surface area contributed by atoms with Gasteiger partial charge in [0.1, 0.15) is 17.1 Å². The van der Waals surface area contributed by atoms with Crippen molar-refractivity contribution in [3.63, 3.8) is 0 Å². The Morgan fingerprint density at radius 3 is 2.61 bits per heavy atom. The van der Waals surface area contributed by atoms with Crippen LogP contribution in [0.1, 0.15) is 83.2 Å². The zero-order valence-corrected chi connectivity index (χ0v) is 18.3. The number of hydrogen-bond donors (Lipinski definition) is 1. The molecule has 2 amide bonds. The highest BCUT2D eigenvalue weighted by Crippen LogP contribution is 2.41. The highest BCUT2D eigenvalue weighted by Gasteiger charge is 2.42. The molecule has 9 heteroatoms. The Kier molecular flexibility index (Phi) is 5.06. The van der Waals surface area contributed by atoms with Crippen LogP contribution < -0.4 is 5.32 Å². The van der Waals surface area contributed by atoms with Gasteiger partial charge >= 0.3 is 0 Å². The van der Waals surface area contributed by atoms with E-state index in [0.717, 1.165) is 57.4 Å². The van der Waals surface area contributed by atoms with E-state index in [1.54, 1.807) is 6.92 Å². The first kappa shape index (κ1) is 20.2. The van der Waals surface area contributed by atoms with Gasteiger partial charge in [-0.3, -0.25) is 9.59 Å². The Labute approximate surface area is 181 Å². The van der Waals surface area contributed by atoms with Crippen molar-refractivity contribution in [1.29, 1.82) is 0 Å². The van der Waals surface area contributed by atoms with Gasteiger partial charge in [0.2, 0.25) is 5.82 Å².